The highest BCUT2D eigenvalue weighted by Gasteiger charge is 2.35. The fourth-order valence-electron chi connectivity index (χ4n) is 2.70. The Kier molecular flexibility index (Phi) is 3.02. The highest BCUT2D eigenvalue weighted by atomic mass is 15.3. The Morgan fingerprint density at radius 3 is 2.81 bits per heavy atom. The Morgan fingerprint density at radius 2 is 2.25 bits per heavy atom. The van der Waals surface area contributed by atoms with E-state index in [4.69, 9.17) is 5.73 Å². The minimum absolute atomic E-state index is 0.0767. The Balaban J connectivity index is 2.06. The molecule has 1 aromatic heterocycles. The van der Waals surface area contributed by atoms with Crippen molar-refractivity contribution in [2.75, 3.05) is 0 Å². The summed E-state index contributed by atoms with van der Waals surface area (Å²) in [5.74, 6) is 2.52. The van der Waals surface area contributed by atoms with Crippen LogP contribution in [0.4, 0.5) is 0 Å². The Bertz CT molecular complexity index is 360. The van der Waals surface area contributed by atoms with Crippen molar-refractivity contribution < 1.29 is 0 Å². The van der Waals surface area contributed by atoms with E-state index in [0.29, 0.717) is 5.92 Å². The first-order chi connectivity index (χ1) is 7.50. The predicted molar refractivity (Wildman–Crippen MR) is 63.8 cm³/mol. The molecule has 1 saturated carbocycles. The van der Waals surface area contributed by atoms with Crippen molar-refractivity contribution in [1.82, 2.24) is 14.8 Å². The maximum atomic E-state index is 6.49. The lowest BCUT2D eigenvalue weighted by atomic mass is 9.70. The van der Waals surface area contributed by atoms with E-state index in [1.165, 1.54) is 6.42 Å². The van der Waals surface area contributed by atoms with Gasteiger partial charge in [-0.05, 0) is 31.1 Å². The lowest BCUT2D eigenvalue weighted by molar-refractivity contribution is 0.173. The van der Waals surface area contributed by atoms with Crippen molar-refractivity contribution in [1.29, 1.82) is 0 Å². The summed E-state index contributed by atoms with van der Waals surface area (Å²) in [7, 11) is 1.93. The zero-order chi connectivity index (χ0) is 11.8. The van der Waals surface area contributed by atoms with Crippen molar-refractivity contribution in [3.8, 4) is 0 Å². The molecule has 0 saturated heterocycles. The summed E-state index contributed by atoms with van der Waals surface area (Å²) in [5, 5.41) is 4.10. The average Bonchev–Trinajstić information content (AvgIpc) is 2.59. The van der Waals surface area contributed by atoms with Crippen LogP contribution >= 0.6 is 0 Å². The lowest BCUT2D eigenvalue weighted by Gasteiger charge is -2.40. The van der Waals surface area contributed by atoms with Crippen molar-refractivity contribution >= 4 is 0 Å². The van der Waals surface area contributed by atoms with Gasteiger partial charge in [0.05, 0.1) is 0 Å². The summed E-state index contributed by atoms with van der Waals surface area (Å²) < 4.78 is 1.83. The molecule has 0 spiro atoms. The molecule has 4 heteroatoms. The molecule has 1 heterocycles. The third-order valence-electron chi connectivity index (χ3n) is 4.11. The molecule has 3 atom stereocenters. The standard InChI is InChI=1S/C12H22N4/c1-9-4-5-12(13,6-10(9)2)7-11-14-8-15-16(11)3/h8-10H,4-7,13H2,1-3H3. The van der Waals surface area contributed by atoms with E-state index in [2.05, 4.69) is 23.9 Å². The number of nitrogens with zero attached hydrogens (tertiary/aromatic N) is 3. The van der Waals surface area contributed by atoms with Gasteiger partial charge in [-0.25, -0.2) is 4.98 Å². The van der Waals surface area contributed by atoms with E-state index in [0.717, 1.165) is 31.0 Å². The minimum Gasteiger partial charge on any atom is -0.325 e. The summed E-state index contributed by atoms with van der Waals surface area (Å²) in [6.07, 6.45) is 5.88. The summed E-state index contributed by atoms with van der Waals surface area (Å²) in [4.78, 5) is 4.27. The fraction of sp³-hybridized carbons (Fsp3) is 0.833. The molecular weight excluding hydrogens is 200 g/mol. The number of hydrogen-bond acceptors (Lipinski definition) is 3. The first-order valence-corrected chi connectivity index (χ1v) is 6.12. The molecule has 0 radical (unpaired) electrons. The van der Waals surface area contributed by atoms with Crippen LogP contribution in [0.5, 0.6) is 0 Å². The van der Waals surface area contributed by atoms with E-state index in [9.17, 15) is 0 Å². The molecule has 0 aromatic carbocycles. The number of aromatic nitrogens is 3. The second kappa shape index (κ2) is 4.17. The van der Waals surface area contributed by atoms with Crippen LogP contribution < -0.4 is 5.73 Å². The van der Waals surface area contributed by atoms with Crippen LogP contribution in [-0.2, 0) is 13.5 Å². The zero-order valence-electron chi connectivity index (χ0n) is 10.5. The third-order valence-corrected chi connectivity index (χ3v) is 4.11. The van der Waals surface area contributed by atoms with Crippen molar-refractivity contribution in [3.63, 3.8) is 0 Å². The number of nitrogens with two attached hydrogens (primary N) is 1. The van der Waals surface area contributed by atoms with E-state index < -0.39 is 0 Å². The maximum absolute atomic E-state index is 6.49. The number of aryl methyl sites for hydroxylation is 1. The fourth-order valence-corrected chi connectivity index (χ4v) is 2.70. The van der Waals surface area contributed by atoms with Gasteiger partial charge in [-0.3, -0.25) is 4.68 Å². The molecular formula is C12H22N4. The van der Waals surface area contributed by atoms with Crippen molar-refractivity contribution in [2.45, 2.75) is 45.1 Å². The smallest absolute Gasteiger partial charge is 0.138 e. The molecule has 1 fully saturated rings. The van der Waals surface area contributed by atoms with Gasteiger partial charge in [0.25, 0.3) is 0 Å². The summed E-state index contributed by atoms with van der Waals surface area (Å²) in [6, 6.07) is 0. The van der Waals surface area contributed by atoms with Gasteiger partial charge in [-0.2, -0.15) is 5.10 Å². The second-order valence-electron chi connectivity index (χ2n) is 5.54. The molecule has 1 aliphatic rings. The first kappa shape index (κ1) is 11.6. The number of rotatable bonds is 2. The van der Waals surface area contributed by atoms with Gasteiger partial charge < -0.3 is 5.73 Å². The molecule has 16 heavy (non-hydrogen) atoms. The van der Waals surface area contributed by atoms with Crippen LogP contribution in [-0.4, -0.2) is 20.3 Å². The molecule has 0 bridgehead atoms. The van der Waals surface area contributed by atoms with Gasteiger partial charge in [0, 0.05) is 19.0 Å². The Morgan fingerprint density at radius 1 is 1.50 bits per heavy atom. The zero-order valence-corrected chi connectivity index (χ0v) is 10.5. The molecule has 1 aliphatic carbocycles. The second-order valence-corrected chi connectivity index (χ2v) is 5.54. The summed E-state index contributed by atoms with van der Waals surface area (Å²) >= 11 is 0. The van der Waals surface area contributed by atoms with Gasteiger partial charge in [0.1, 0.15) is 12.2 Å². The molecule has 0 aliphatic heterocycles. The molecule has 4 nitrogen and oxygen atoms in total. The first-order valence-electron chi connectivity index (χ1n) is 6.12. The SMILES string of the molecule is CC1CCC(N)(Cc2ncnn2C)CC1C. The summed E-state index contributed by atoms with van der Waals surface area (Å²) in [6.45, 7) is 4.63. The van der Waals surface area contributed by atoms with Crippen LogP contribution in [0, 0.1) is 11.8 Å². The van der Waals surface area contributed by atoms with Crippen molar-refractivity contribution in [2.24, 2.45) is 24.6 Å². The lowest BCUT2D eigenvalue weighted by Crippen LogP contribution is -2.48. The summed E-state index contributed by atoms with van der Waals surface area (Å²) in [5.41, 5.74) is 6.41. The normalized spacial score (nSPS) is 35.2. The highest BCUT2D eigenvalue weighted by molar-refractivity contribution is 5.00. The van der Waals surface area contributed by atoms with Gasteiger partial charge in [-0.15, -0.1) is 0 Å². The molecule has 0 amide bonds. The van der Waals surface area contributed by atoms with E-state index in [1.807, 2.05) is 11.7 Å². The van der Waals surface area contributed by atoms with Crippen LogP contribution in [0.3, 0.4) is 0 Å². The average molecular weight is 222 g/mol. The van der Waals surface area contributed by atoms with Crippen LogP contribution in [0.2, 0.25) is 0 Å². The predicted octanol–water partition coefficient (Wildman–Crippen LogP) is 1.51. The van der Waals surface area contributed by atoms with Gasteiger partial charge in [-0.1, -0.05) is 13.8 Å². The molecule has 1 aromatic rings. The minimum atomic E-state index is -0.0767. The Labute approximate surface area is 97.2 Å². The van der Waals surface area contributed by atoms with E-state index in [1.54, 1.807) is 6.33 Å². The quantitative estimate of drug-likeness (QED) is 0.825. The van der Waals surface area contributed by atoms with Crippen LogP contribution in [0.25, 0.3) is 0 Å². The maximum Gasteiger partial charge on any atom is 0.138 e. The van der Waals surface area contributed by atoms with Crippen LogP contribution in [0.1, 0.15) is 38.9 Å². The largest absolute Gasteiger partial charge is 0.325 e. The van der Waals surface area contributed by atoms with Gasteiger partial charge >= 0.3 is 0 Å². The molecule has 2 N–H and O–H groups in total. The monoisotopic (exact) mass is 222 g/mol. The van der Waals surface area contributed by atoms with Gasteiger partial charge in [0.15, 0.2) is 0 Å². The number of hydrogen-bond donors (Lipinski definition) is 1. The third kappa shape index (κ3) is 2.26. The van der Waals surface area contributed by atoms with Crippen molar-refractivity contribution in [3.05, 3.63) is 12.2 Å². The molecule has 2 rings (SSSR count). The topological polar surface area (TPSA) is 56.7 Å². The van der Waals surface area contributed by atoms with E-state index in [-0.39, 0.29) is 5.54 Å². The molecule has 90 valence electrons. The molecule has 3 unspecified atom stereocenters. The van der Waals surface area contributed by atoms with Crippen LogP contribution in [0.15, 0.2) is 6.33 Å². The van der Waals surface area contributed by atoms with E-state index >= 15 is 0 Å². The van der Waals surface area contributed by atoms with Gasteiger partial charge in [0.2, 0.25) is 0 Å². The Hall–Kier alpha value is -0.900. The highest BCUT2D eigenvalue weighted by Crippen LogP contribution is 2.36.